The van der Waals surface area contributed by atoms with Gasteiger partial charge in [-0.15, -0.1) is 0 Å². The predicted octanol–water partition coefficient (Wildman–Crippen LogP) is 3.73. The van der Waals surface area contributed by atoms with Crippen LogP contribution in [0.3, 0.4) is 0 Å². The minimum Gasteiger partial charge on any atom is -0.379 e. The molecule has 5 rings (SSSR count). The Balaban J connectivity index is 1.43. The molecule has 1 unspecified atom stereocenters. The van der Waals surface area contributed by atoms with E-state index in [1.165, 1.54) is 0 Å². The zero-order chi connectivity index (χ0) is 25.9. The number of benzene rings is 1. The molecule has 0 spiro atoms. The monoisotopic (exact) mass is 501 g/mol. The molecule has 1 atom stereocenters. The Bertz CT molecular complexity index is 1300. The molecule has 2 aromatic heterocycles. The molecule has 2 aliphatic rings. The van der Waals surface area contributed by atoms with E-state index in [2.05, 4.69) is 33.2 Å². The van der Waals surface area contributed by atoms with Crippen molar-refractivity contribution in [3.63, 3.8) is 0 Å². The summed E-state index contributed by atoms with van der Waals surface area (Å²) in [6.07, 6.45) is 2.66. The molecule has 4 heterocycles. The SMILES string of the molecule is CCC(CN1CCOCC1)C(=N)c1nc(NCc2cnc3ccccc3c2)c2c(n1)C(=O)N(C(C)C)C2. The van der Waals surface area contributed by atoms with Crippen molar-refractivity contribution in [3.8, 4) is 0 Å². The van der Waals surface area contributed by atoms with E-state index in [-0.39, 0.29) is 17.9 Å². The average Bonchev–Trinajstić information content (AvgIpc) is 3.27. The second-order valence-electron chi connectivity index (χ2n) is 10.1. The van der Waals surface area contributed by atoms with Crippen LogP contribution in [0.5, 0.6) is 0 Å². The van der Waals surface area contributed by atoms with Gasteiger partial charge in [0.2, 0.25) is 0 Å². The van der Waals surface area contributed by atoms with Crippen LogP contribution < -0.4 is 5.32 Å². The Labute approximate surface area is 217 Å². The molecule has 9 nitrogen and oxygen atoms in total. The molecule has 2 aliphatic heterocycles. The quantitative estimate of drug-likeness (QED) is 0.430. The number of morpholine rings is 1. The van der Waals surface area contributed by atoms with E-state index in [1.54, 1.807) is 4.90 Å². The first-order chi connectivity index (χ1) is 17.9. The van der Waals surface area contributed by atoms with E-state index < -0.39 is 0 Å². The van der Waals surface area contributed by atoms with E-state index in [1.807, 2.05) is 44.3 Å². The Kier molecular flexibility index (Phi) is 7.43. The first kappa shape index (κ1) is 25.2. The number of amides is 1. The standard InChI is InChI=1S/C28H35N7O2/c1-4-20(16-34-9-11-37-12-10-34)24(29)27-32-25-22(17-35(18(2)3)28(25)36)26(33-27)31-15-19-13-21-7-5-6-8-23(21)30-14-19/h5-8,13-14,18,20,29H,4,9-12,15-17H2,1-3H3,(H,31,32,33). The van der Waals surface area contributed by atoms with Crippen LogP contribution >= 0.6 is 0 Å². The van der Waals surface area contributed by atoms with E-state index in [4.69, 9.17) is 15.1 Å². The van der Waals surface area contributed by atoms with E-state index in [0.717, 1.165) is 61.3 Å². The fourth-order valence-corrected chi connectivity index (χ4v) is 4.97. The second kappa shape index (κ2) is 10.9. The number of nitrogens with zero attached hydrogens (tertiary/aromatic N) is 5. The smallest absolute Gasteiger partial charge is 0.273 e. The minimum atomic E-state index is -0.0990. The molecular formula is C28H35N7O2. The Hall–Kier alpha value is -3.43. The molecule has 1 saturated heterocycles. The van der Waals surface area contributed by atoms with Crippen LogP contribution in [0, 0.1) is 11.3 Å². The highest BCUT2D eigenvalue weighted by atomic mass is 16.5. The largest absolute Gasteiger partial charge is 0.379 e. The number of hydrogen-bond donors (Lipinski definition) is 2. The Morgan fingerprint density at radius 3 is 2.73 bits per heavy atom. The molecule has 0 bridgehead atoms. The third-order valence-corrected chi connectivity index (χ3v) is 7.25. The lowest BCUT2D eigenvalue weighted by atomic mass is 9.98. The zero-order valence-electron chi connectivity index (χ0n) is 21.8. The maximum Gasteiger partial charge on any atom is 0.273 e. The van der Waals surface area contributed by atoms with Gasteiger partial charge in [-0.3, -0.25) is 14.7 Å². The first-order valence-corrected chi connectivity index (χ1v) is 13.1. The number of anilines is 1. The van der Waals surface area contributed by atoms with Gasteiger partial charge in [-0.1, -0.05) is 25.1 Å². The van der Waals surface area contributed by atoms with Gasteiger partial charge in [-0.2, -0.15) is 0 Å². The number of rotatable bonds is 9. The molecule has 2 N–H and O–H groups in total. The van der Waals surface area contributed by atoms with Gasteiger partial charge in [0.15, 0.2) is 5.82 Å². The van der Waals surface area contributed by atoms with Crippen molar-refractivity contribution >= 4 is 28.3 Å². The third kappa shape index (κ3) is 5.33. The van der Waals surface area contributed by atoms with Gasteiger partial charge in [-0.25, -0.2) is 9.97 Å². The molecule has 0 radical (unpaired) electrons. The van der Waals surface area contributed by atoms with Gasteiger partial charge in [-0.05, 0) is 38.0 Å². The lowest BCUT2D eigenvalue weighted by Crippen LogP contribution is -2.41. The molecule has 0 aliphatic carbocycles. The molecule has 37 heavy (non-hydrogen) atoms. The van der Waals surface area contributed by atoms with Gasteiger partial charge >= 0.3 is 0 Å². The first-order valence-electron chi connectivity index (χ1n) is 13.1. The van der Waals surface area contributed by atoms with Crippen molar-refractivity contribution in [1.29, 1.82) is 5.41 Å². The van der Waals surface area contributed by atoms with Gasteiger partial charge in [0.1, 0.15) is 11.5 Å². The average molecular weight is 502 g/mol. The topological polar surface area (TPSA) is 107 Å². The van der Waals surface area contributed by atoms with Gasteiger partial charge in [0, 0.05) is 55.3 Å². The van der Waals surface area contributed by atoms with E-state index in [0.29, 0.717) is 36.1 Å². The van der Waals surface area contributed by atoms with Crippen LogP contribution in [0.4, 0.5) is 5.82 Å². The van der Waals surface area contributed by atoms with Crippen molar-refractivity contribution in [2.24, 2.45) is 5.92 Å². The molecular weight excluding hydrogens is 466 g/mol. The molecule has 9 heteroatoms. The summed E-state index contributed by atoms with van der Waals surface area (Å²) >= 11 is 0. The number of hydrogen-bond acceptors (Lipinski definition) is 8. The summed E-state index contributed by atoms with van der Waals surface area (Å²) in [6.45, 7) is 11.0. The second-order valence-corrected chi connectivity index (χ2v) is 10.1. The van der Waals surface area contributed by atoms with Gasteiger partial charge in [0.25, 0.3) is 5.91 Å². The minimum absolute atomic E-state index is 0.0219. The van der Waals surface area contributed by atoms with Crippen molar-refractivity contribution < 1.29 is 9.53 Å². The number of carbonyl (C=O) groups is 1. The van der Waals surface area contributed by atoms with Crippen LogP contribution in [-0.4, -0.2) is 75.3 Å². The number of carbonyl (C=O) groups excluding carboxylic acids is 1. The highest BCUT2D eigenvalue weighted by Gasteiger charge is 2.35. The van der Waals surface area contributed by atoms with Crippen molar-refractivity contribution in [1.82, 2.24) is 24.8 Å². The normalized spacial score (nSPS) is 16.9. The third-order valence-electron chi connectivity index (χ3n) is 7.25. The summed E-state index contributed by atoms with van der Waals surface area (Å²) in [7, 11) is 0. The highest BCUT2D eigenvalue weighted by Crippen LogP contribution is 2.30. The molecule has 1 amide bonds. The Morgan fingerprint density at radius 1 is 1.19 bits per heavy atom. The fourth-order valence-electron chi connectivity index (χ4n) is 4.97. The maximum absolute atomic E-state index is 13.2. The summed E-state index contributed by atoms with van der Waals surface area (Å²) in [4.78, 5) is 31.4. The lowest BCUT2D eigenvalue weighted by molar-refractivity contribution is 0.0342. The van der Waals surface area contributed by atoms with E-state index in [9.17, 15) is 4.79 Å². The number of pyridine rings is 1. The van der Waals surface area contributed by atoms with Crippen LogP contribution in [0.1, 0.15) is 54.6 Å². The summed E-state index contributed by atoms with van der Waals surface area (Å²) in [5.41, 5.74) is 3.55. The molecule has 194 valence electrons. The number of nitrogens with one attached hydrogen (secondary N) is 2. The fraction of sp³-hybridized carbons (Fsp3) is 0.464. The summed E-state index contributed by atoms with van der Waals surface area (Å²) < 4.78 is 5.48. The molecule has 3 aromatic rings. The maximum atomic E-state index is 13.2. The van der Waals surface area contributed by atoms with Gasteiger partial charge in [0.05, 0.1) is 31.0 Å². The summed E-state index contributed by atoms with van der Waals surface area (Å²) in [5, 5.41) is 13.5. The van der Waals surface area contributed by atoms with E-state index >= 15 is 0 Å². The summed E-state index contributed by atoms with van der Waals surface area (Å²) in [6, 6.07) is 10.2. The van der Waals surface area contributed by atoms with Crippen LogP contribution in [0.25, 0.3) is 10.9 Å². The van der Waals surface area contributed by atoms with Crippen molar-refractivity contribution in [2.75, 3.05) is 38.2 Å². The lowest BCUT2D eigenvalue weighted by Gasteiger charge is -2.30. The molecule has 0 saturated carbocycles. The zero-order valence-corrected chi connectivity index (χ0v) is 21.8. The number of fused-ring (bicyclic) bond motifs is 2. The predicted molar refractivity (Wildman–Crippen MR) is 144 cm³/mol. The van der Waals surface area contributed by atoms with Crippen molar-refractivity contribution in [3.05, 3.63) is 59.2 Å². The van der Waals surface area contributed by atoms with Crippen molar-refractivity contribution in [2.45, 2.75) is 46.3 Å². The van der Waals surface area contributed by atoms with Crippen LogP contribution in [0.2, 0.25) is 0 Å². The van der Waals surface area contributed by atoms with Gasteiger partial charge < -0.3 is 20.4 Å². The molecule has 1 aromatic carbocycles. The van der Waals surface area contributed by atoms with Crippen LogP contribution in [0.15, 0.2) is 36.5 Å². The summed E-state index contributed by atoms with van der Waals surface area (Å²) in [5.74, 6) is 0.831. The van der Waals surface area contributed by atoms with Crippen LogP contribution in [-0.2, 0) is 17.8 Å². The number of aromatic nitrogens is 3. The number of para-hydroxylation sites is 1. The Morgan fingerprint density at radius 2 is 1.97 bits per heavy atom. The number of ether oxygens (including phenoxy) is 1. The highest BCUT2D eigenvalue weighted by molar-refractivity contribution is 6.01. The molecule has 1 fully saturated rings.